The van der Waals surface area contributed by atoms with E-state index in [1.54, 1.807) is 25.1 Å². The van der Waals surface area contributed by atoms with Gasteiger partial charge in [-0.25, -0.2) is 14.6 Å². The van der Waals surface area contributed by atoms with Gasteiger partial charge >= 0.3 is 12.1 Å². The zero-order valence-electron chi connectivity index (χ0n) is 16.0. The molecule has 1 aromatic heterocycles. The van der Waals surface area contributed by atoms with Crippen LogP contribution in [0.2, 0.25) is 0 Å². The fourth-order valence-corrected chi connectivity index (χ4v) is 3.63. The minimum absolute atomic E-state index is 0.176. The molecule has 0 saturated heterocycles. The summed E-state index contributed by atoms with van der Waals surface area (Å²) in [7, 11) is 0. The number of aromatic carboxylic acids is 1. The van der Waals surface area contributed by atoms with Gasteiger partial charge in [-0.2, -0.15) is 10.1 Å². The Hall–Kier alpha value is -4.01. The van der Waals surface area contributed by atoms with E-state index in [4.69, 9.17) is 0 Å². The Balaban J connectivity index is 1.89. The standard InChI is InChI=1S/C21H18N4O5/c1-12-9-10-16(18-22-11-15(20(27)28)19(26)24(12)18)23-25(21(29)30)17-8-4-6-13-5-2-3-7-14(13)17/h2-8,11-12H,9-10H2,1H3,(H,27,28)(H,29,30). The predicted octanol–water partition coefficient (Wildman–Crippen LogP) is 3.34. The van der Waals surface area contributed by atoms with Crippen molar-refractivity contribution in [2.24, 2.45) is 5.10 Å². The molecule has 1 aliphatic rings. The molecule has 9 nitrogen and oxygen atoms in total. The highest BCUT2D eigenvalue weighted by molar-refractivity contribution is 6.05. The van der Waals surface area contributed by atoms with Gasteiger partial charge in [0.05, 0.1) is 5.69 Å². The Kier molecular flexibility index (Phi) is 4.78. The first-order valence-electron chi connectivity index (χ1n) is 9.32. The Morgan fingerprint density at radius 3 is 2.63 bits per heavy atom. The van der Waals surface area contributed by atoms with Crippen molar-refractivity contribution in [1.29, 1.82) is 0 Å². The molecule has 9 heteroatoms. The van der Waals surface area contributed by atoms with Crippen LogP contribution in [0.15, 0.2) is 58.6 Å². The number of carboxylic acids is 1. The van der Waals surface area contributed by atoms with Gasteiger partial charge in [-0.05, 0) is 31.2 Å². The van der Waals surface area contributed by atoms with Gasteiger partial charge in [-0.15, -0.1) is 0 Å². The van der Waals surface area contributed by atoms with Crippen molar-refractivity contribution in [3.8, 4) is 0 Å². The summed E-state index contributed by atoms with van der Waals surface area (Å²) in [5.41, 5.74) is -0.435. The molecule has 152 valence electrons. The smallest absolute Gasteiger partial charge is 0.432 e. The van der Waals surface area contributed by atoms with E-state index in [0.29, 0.717) is 29.6 Å². The molecule has 2 heterocycles. The summed E-state index contributed by atoms with van der Waals surface area (Å²) >= 11 is 0. The van der Waals surface area contributed by atoms with Gasteiger partial charge in [0.15, 0.2) is 5.82 Å². The molecule has 0 bridgehead atoms. The van der Waals surface area contributed by atoms with Crippen LogP contribution in [0.5, 0.6) is 0 Å². The van der Waals surface area contributed by atoms with Crippen LogP contribution < -0.4 is 10.6 Å². The molecule has 1 atom stereocenters. The lowest BCUT2D eigenvalue weighted by atomic mass is 10.0. The molecule has 0 aliphatic carbocycles. The van der Waals surface area contributed by atoms with Gasteiger partial charge in [0.1, 0.15) is 11.3 Å². The lowest BCUT2D eigenvalue weighted by Gasteiger charge is -2.26. The Morgan fingerprint density at radius 2 is 1.90 bits per heavy atom. The average molecular weight is 406 g/mol. The summed E-state index contributed by atoms with van der Waals surface area (Å²) in [6.07, 6.45) is 0.606. The second-order valence-electron chi connectivity index (χ2n) is 7.00. The maximum absolute atomic E-state index is 12.6. The molecule has 4 rings (SSSR count). The SMILES string of the molecule is CC1CCC(=NN(C(=O)O)c2cccc3ccccc23)c2ncc(C(=O)O)c(=O)n21. The molecule has 1 unspecified atom stereocenters. The van der Waals surface area contributed by atoms with Crippen molar-refractivity contribution in [2.45, 2.75) is 25.8 Å². The minimum atomic E-state index is -1.36. The molecule has 0 fully saturated rings. The van der Waals surface area contributed by atoms with E-state index in [-0.39, 0.29) is 11.9 Å². The van der Waals surface area contributed by atoms with Crippen LogP contribution in [0, 0.1) is 0 Å². The number of rotatable bonds is 3. The maximum atomic E-state index is 12.6. The number of benzene rings is 2. The lowest BCUT2D eigenvalue weighted by Crippen LogP contribution is -2.38. The van der Waals surface area contributed by atoms with E-state index in [1.165, 1.54) is 4.57 Å². The third kappa shape index (κ3) is 3.20. The number of hydrazone groups is 1. The van der Waals surface area contributed by atoms with Crippen LogP contribution in [-0.2, 0) is 0 Å². The quantitative estimate of drug-likeness (QED) is 0.643. The number of anilines is 1. The zero-order valence-corrected chi connectivity index (χ0v) is 16.0. The highest BCUT2D eigenvalue weighted by atomic mass is 16.4. The van der Waals surface area contributed by atoms with Crippen LogP contribution >= 0.6 is 0 Å². The van der Waals surface area contributed by atoms with E-state index in [9.17, 15) is 24.6 Å². The molecule has 0 spiro atoms. The van der Waals surface area contributed by atoms with Crippen molar-refractivity contribution < 1.29 is 19.8 Å². The third-order valence-electron chi connectivity index (χ3n) is 5.12. The van der Waals surface area contributed by atoms with Crippen molar-refractivity contribution in [3.05, 3.63) is 70.4 Å². The summed E-state index contributed by atoms with van der Waals surface area (Å²) in [4.78, 5) is 40.1. The monoisotopic (exact) mass is 406 g/mol. The molecule has 0 saturated carbocycles. The molecular weight excluding hydrogens is 388 g/mol. The van der Waals surface area contributed by atoms with E-state index < -0.39 is 23.2 Å². The maximum Gasteiger partial charge on any atom is 0.432 e. The number of hydrogen-bond acceptors (Lipinski definition) is 5. The van der Waals surface area contributed by atoms with Crippen molar-refractivity contribution in [1.82, 2.24) is 9.55 Å². The number of carboxylic acid groups (broad SMARTS) is 2. The molecule has 30 heavy (non-hydrogen) atoms. The summed E-state index contributed by atoms with van der Waals surface area (Å²) in [6.45, 7) is 1.79. The molecule has 3 aromatic rings. The number of hydrogen-bond donors (Lipinski definition) is 2. The Bertz CT molecular complexity index is 1260. The molecule has 0 radical (unpaired) electrons. The molecular formula is C21H18N4O5. The molecule has 1 aliphatic heterocycles. The van der Waals surface area contributed by atoms with E-state index in [0.717, 1.165) is 16.6 Å². The Labute approximate surface area is 170 Å². The van der Waals surface area contributed by atoms with Crippen LogP contribution in [0.4, 0.5) is 10.5 Å². The van der Waals surface area contributed by atoms with Crippen molar-refractivity contribution in [2.75, 3.05) is 5.01 Å². The normalized spacial score (nSPS) is 17.0. The van der Waals surface area contributed by atoms with Crippen LogP contribution in [0.25, 0.3) is 10.8 Å². The van der Waals surface area contributed by atoms with Gasteiger partial charge in [0, 0.05) is 17.6 Å². The fourth-order valence-electron chi connectivity index (χ4n) is 3.63. The second-order valence-corrected chi connectivity index (χ2v) is 7.00. The van der Waals surface area contributed by atoms with E-state index in [1.807, 2.05) is 24.3 Å². The Morgan fingerprint density at radius 1 is 1.17 bits per heavy atom. The number of aromatic nitrogens is 2. The number of fused-ring (bicyclic) bond motifs is 2. The van der Waals surface area contributed by atoms with Gasteiger partial charge in [-0.3, -0.25) is 9.36 Å². The summed E-state index contributed by atoms with van der Waals surface area (Å²) in [5, 5.41) is 25.8. The lowest BCUT2D eigenvalue weighted by molar-refractivity contribution is 0.0693. The molecule has 1 amide bonds. The van der Waals surface area contributed by atoms with Gasteiger partial charge in [0.25, 0.3) is 5.56 Å². The highest BCUT2D eigenvalue weighted by Gasteiger charge is 2.28. The number of nitrogens with zero attached hydrogens (tertiary/aromatic N) is 4. The average Bonchev–Trinajstić information content (AvgIpc) is 2.72. The minimum Gasteiger partial charge on any atom is -0.477 e. The van der Waals surface area contributed by atoms with Crippen LogP contribution in [0.3, 0.4) is 0 Å². The summed E-state index contributed by atoms with van der Waals surface area (Å²) in [6, 6.07) is 12.3. The van der Waals surface area contributed by atoms with Crippen LogP contribution in [0.1, 0.15) is 42.0 Å². The van der Waals surface area contributed by atoms with Crippen LogP contribution in [-0.4, -0.2) is 37.5 Å². The first-order valence-corrected chi connectivity index (χ1v) is 9.32. The van der Waals surface area contributed by atoms with E-state index in [2.05, 4.69) is 10.1 Å². The second kappa shape index (κ2) is 7.43. The van der Waals surface area contributed by atoms with Gasteiger partial charge in [0.2, 0.25) is 0 Å². The topological polar surface area (TPSA) is 125 Å². The number of amides is 1. The first kappa shape index (κ1) is 19.3. The number of carbonyl (C=O) groups is 2. The highest BCUT2D eigenvalue weighted by Crippen LogP contribution is 2.29. The fraction of sp³-hybridized carbons (Fsp3) is 0.190. The van der Waals surface area contributed by atoms with Crippen molar-refractivity contribution >= 4 is 34.2 Å². The van der Waals surface area contributed by atoms with Crippen molar-refractivity contribution in [3.63, 3.8) is 0 Å². The van der Waals surface area contributed by atoms with Gasteiger partial charge < -0.3 is 10.2 Å². The zero-order chi connectivity index (χ0) is 21.4. The van der Waals surface area contributed by atoms with Gasteiger partial charge in [-0.1, -0.05) is 36.4 Å². The summed E-state index contributed by atoms with van der Waals surface area (Å²) in [5.74, 6) is -1.18. The summed E-state index contributed by atoms with van der Waals surface area (Å²) < 4.78 is 1.27. The van der Waals surface area contributed by atoms with E-state index >= 15 is 0 Å². The third-order valence-corrected chi connectivity index (χ3v) is 5.12. The first-order chi connectivity index (χ1) is 14.4. The largest absolute Gasteiger partial charge is 0.477 e. The predicted molar refractivity (Wildman–Crippen MR) is 110 cm³/mol. The molecule has 2 aromatic carbocycles. The molecule has 2 N–H and O–H groups in total.